The van der Waals surface area contributed by atoms with Crippen molar-refractivity contribution in [2.24, 2.45) is 0 Å². The topological polar surface area (TPSA) is 243 Å². The number of aromatic nitrogens is 1. The zero-order chi connectivity index (χ0) is 30.8. The Hall–Kier alpha value is -3.64. The Morgan fingerprint density at radius 2 is 1.72 bits per heavy atom. The van der Waals surface area contributed by atoms with Crippen LogP contribution in [-0.4, -0.2) is 134 Å². The van der Waals surface area contributed by atoms with E-state index in [2.05, 4.69) is 20.9 Å². The van der Waals surface area contributed by atoms with Gasteiger partial charge in [-0.05, 0) is 11.6 Å². The summed E-state index contributed by atoms with van der Waals surface area (Å²) in [6.07, 6.45) is -8.91. The summed E-state index contributed by atoms with van der Waals surface area (Å²) in [5, 5.41) is 58.8. The summed E-state index contributed by atoms with van der Waals surface area (Å²) >= 11 is 0. The van der Waals surface area contributed by atoms with Gasteiger partial charge < -0.3 is 50.6 Å². The minimum Gasteiger partial charge on any atom is -0.394 e. The number of nitrogens with one attached hydrogen (secondary N) is 4. The van der Waals surface area contributed by atoms with Gasteiger partial charge in [-0.15, -0.1) is 0 Å². The number of imide groups is 1. The summed E-state index contributed by atoms with van der Waals surface area (Å²) < 4.78 is 11.1. The van der Waals surface area contributed by atoms with Gasteiger partial charge in [-0.1, -0.05) is 18.2 Å². The number of hydrogen-bond acceptors (Lipinski definition) is 11. The average molecular weight is 606 g/mol. The second-order valence-corrected chi connectivity index (χ2v) is 10.9. The molecule has 3 aliphatic heterocycles. The molecule has 0 unspecified atom stereocenters. The van der Waals surface area contributed by atoms with Gasteiger partial charge in [-0.3, -0.25) is 24.6 Å². The maximum Gasteiger partial charge on any atom is 0.326 e. The third kappa shape index (κ3) is 6.50. The molecular weight excluding hydrogens is 570 g/mol. The number of rotatable bonds is 10. The number of para-hydroxylation sites is 1. The molecule has 3 saturated heterocycles. The van der Waals surface area contributed by atoms with E-state index >= 15 is 0 Å². The van der Waals surface area contributed by atoms with Crippen molar-refractivity contribution in [3.05, 3.63) is 36.0 Å². The molecule has 4 heterocycles. The Morgan fingerprint density at radius 3 is 2.44 bits per heavy atom. The summed E-state index contributed by atoms with van der Waals surface area (Å²) in [5.41, 5.74) is 1.54. The molecule has 0 radical (unpaired) electrons. The second kappa shape index (κ2) is 12.9. The fourth-order valence-corrected chi connectivity index (χ4v) is 5.61. The molecule has 3 aliphatic rings. The van der Waals surface area contributed by atoms with Gasteiger partial charge in [0.2, 0.25) is 17.7 Å². The number of aliphatic hydroxyl groups excluding tert-OH is 5. The summed E-state index contributed by atoms with van der Waals surface area (Å²) in [6.45, 7) is -0.851. The van der Waals surface area contributed by atoms with E-state index in [-0.39, 0.29) is 25.9 Å². The molecule has 3 fully saturated rings. The van der Waals surface area contributed by atoms with Gasteiger partial charge >= 0.3 is 6.03 Å². The first-order chi connectivity index (χ1) is 20.6. The normalized spacial score (nSPS) is 31.7. The number of hydrogen-bond donors (Lipinski definition) is 9. The van der Waals surface area contributed by atoms with Gasteiger partial charge in [0.15, 0.2) is 6.23 Å². The van der Waals surface area contributed by atoms with Crippen molar-refractivity contribution in [1.29, 1.82) is 0 Å². The minimum absolute atomic E-state index is 0.00637. The minimum atomic E-state index is -1.50. The number of H-pyrrole nitrogens is 1. The van der Waals surface area contributed by atoms with E-state index in [1.54, 1.807) is 6.20 Å². The van der Waals surface area contributed by atoms with Crippen LogP contribution in [0.25, 0.3) is 10.9 Å². The third-order valence-corrected chi connectivity index (χ3v) is 7.99. The molecule has 0 bridgehead atoms. The molecular formula is C27H35N5O11. The van der Waals surface area contributed by atoms with Crippen molar-refractivity contribution in [2.75, 3.05) is 19.7 Å². The van der Waals surface area contributed by atoms with E-state index in [0.717, 1.165) is 21.4 Å². The Labute approximate surface area is 244 Å². The maximum absolute atomic E-state index is 13.4. The lowest BCUT2D eigenvalue weighted by molar-refractivity contribution is -0.132. The number of amides is 5. The van der Waals surface area contributed by atoms with Crippen molar-refractivity contribution in [3.8, 4) is 0 Å². The van der Waals surface area contributed by atoms with Crippen LogP contribution >= 0.6 is 0 Å². The molecule has 0 spiro atoms. The number of ether oxygens (including phenoxy) is 2. The summed E-state index contributed by atoms with van der Waals surface area (Å²) in [4.78, 5) is 54.3. The number of fused-ring (bicyclic) bond motifs is 1. The van der Waals surface area contributed by atoms with Crippen molar-refractivity contribution in [3.63, 3.8) is 0 Å². The van der Waals surface area contributed by atoms with Gasteiger partial charge in [0.1, 0.15) is 42.7 Å². The van der Waals surface area contributed by atoms with Crippen molar-refractivity contribution < 1.29 is 54.2 Å². The van der Waals surface area contributed by atoms with E-state index in [9.17, 15) is 44.7 Å². The quantitative estimate of drug-likeness (QED) is 0.129. The molecule has 1 aromatic carbocycles. The fraction of sp³-hybridized carbons (Fsp3) is 0.556. The number of nitrogens with zero attached hydrogens (tertiary/aromatic N) is 1. The monoisotopic (exact) mass is 605 g/mol. The molecule has 0 saturated carbocycles. The second-order valence-electron chi connectivity index (χ2n) is 10.9. The number of urea groups is 1. The van der Waals surface area contributed by atoms with Gasteiger partial charge in [0.25, 0.3) is 0 Å². The summed E-state index contributed by atoms with van der Waals surface area (Å²) in [6, 6.07) is 5.47. The van der Waals surface area contributed by atoms with Crippen LogP contribution in [0.15, 0.2) is 30.5 Å². The van der Waals surface area contributed by atoms with E-state index in [1.165, 1.54) is 0 Å². The first-order valence-electron chi connectivity index (χ1n) is 13.9. The number of benzene rings is 1. The van der Waals surface area contributed by atoms with Crippen LogP contribution < -0.4 is 16.0 Å². The molecule has 2 aromatic rings. The van der Waals surface area contributed by atoms with Gasteiger partial charge in [0.05, 0.1) is 19.1 Å². The first kappa shape index (κ1) is 30.8. The lowest BCUT2D eigenvalue weighted by atomic mass is 10.0. The Bertz CT molecular complexity index is 1350. The standard InChI is InChI=1S/C27H35N5O11/c33-11-18-23(38)21(36)16(42-18)8-20(35)30-15(7-12-9-28-14-4-2-1-3-13(12)14)25(40)29-10-17-22(37)24(39)26(43-17)32-6-5-19(34)31-27(32)41/h1-4,9,15-18,21-24,26,28,33,36-39H,5-8,10-11H2,(H,29,40)(H,30,35)(H,31,34,41)/t15-,16-,17+,18-,21-,22+,23-,24+,26+/m0/s1. The van der Waals surface area contributed by atoms with Crippen LogP contribution in [0.4, 0.5) is 4.79 Å². The Kier molecular flexibility index (Phi) is 9.26. The molecule has 9 N–H and O–H groups in total. The smallest absolute Gasteiger partial charge is 0.326 e. The highest BCUT2D eigenvalue weighted by atomic mass is 16.6. The zero-order valence-corrected chi connectivity index (χ0v) is 23.0. The average Bonchev–Trinajstić information content (AvgIpc) is 3.61. The first-order valence-corrected chi connectivity index (χ1v) is 13.9. The van der Waals surface area contributed by atoms with Crippen LogP contribution in [-0.2, 0) is 30.3 Å². The highest BCUT2D eigenvalue weighted by molar-refractivity contribution is 5.96. The molecule has 0 aliphatic carbocycles. The molecule has 16 nitrogen and oxygen atoms in total. The van der Waals surface area contributed by atoms with Gasteiger partial charge in [-0.25, -0.2) is 4.79 Å². The van der Waals surface area contributed by atoms with Crippen LogP contribution in [0.2, 0.25) is 0 Å². The predicted molar refractivity (Wildman–Crippen MR) is 145 cm³/mol. The van der Waals surface area contributed by atoms with Crippen LogP contribution in [0.5, 0.6) is 0 Å². The number of aromatic amines is 1. The van der Waals surface area contributed by atoms with E-state index in [4.69, 9.17) is 9.47 Å². The van der Waals surface area contributed by atoms with E-state index in [1.807, 2.05) is 24.3 Å². The summed E-state index contributed by atoms with van der Waals surface area (Å²) in [5.74, 6) is -1.78. The Balaban J connectivity index is 1.25. The molecule has 1 aromatic heterocycles. The maximum atomic E-state index is 13.4. The molecule has 9 atom stereocenters. The highest BCUT2D eigenvalue weighted by Crippen LogP contribution is 2.26. The zero-order valence-electron chi connectivity index (χ0n) is 23.0. The fourth-order valence-electron chi connectivity index (χ4n) is 5.61. The van der Waals surface area contributed by atoms with Gasteiger partial charge in [0, 0.05) is 43.0 Å². The molecule has 43 heavy (non-hydrogen) atoms. The summed E-state index contributed by atoms with van der Waals surface area (Å²) in [7, 11) is 0. The van der Waals surface area contributed by atoms with E-state index < -0.39 is 91.8 Å². The SMILES string of the molecule is O=C1CCN([C@@H]2O[C@H](CNC(=O)[C@H](Cc3c[nH]c4ccccc34)NC(=O)C[C@@H]3O[C@@H](CO)[C@H](O)[C@H]3O)[C@@H](O)[C@H]2O)C(=O)N1. The largest absolute Gasteiger partial charge is 0.394 e. The predicted octanol–water partition coefficient (Wildman–Crippen LogP) is -3.43. The van der Waals surface area contributed by atoms with Crippen LogP contribution in [0.1, 0.15) is 18.4 Å². The molecule has 16 heteroatoms. The highest BCUT2D eigenvalue weighted by Gasteiger charge is 2.48. The molecule has 5 amide bonds. The van der Waals surface area contributed by atoms with E-state index in [0.29, 0.717) is 0 Å². The lowest BCUT2D eigenvalue weighted by Crippen LogP contribution is -2.56. The molecule has 5 rings (SSSR count). The lowest BCUT2D eigenvalue weighted by Gasteiger charge is -2.32. The van der Waals surface area contributed by atoms with Crippen LogP contribution in [0.3, 0.4) is 0 Å². The van der Waals surface area contributed by atoms with Crippen molar-refractivity contribution >= 4 is 34.7 Å². The number of carbonyl (C=O) groups excluding carboxylic acids is 4. The number of aliphatic hydroxyl groups is 5. The molecule has 234 valence electrons. The van der Waals surface area contributed by atoms with Crippen LogP contribution in [0, 0.1) is 0 Å². The number of carbonyl (C=O) groups is 4. The van der Waals surface area contributed by atoms with Gasteiger partial charge in [-0.2, -0.15) is 0 Å². The third-order valence-electron chi connectivity index (χ3n) is 7.99. The van der Waals surface area contributed by atoms with Crippen molar-refractivity contribution in [2.45, 2.75) is 74.3 Å². The van der Waals surface area contributed by atoms with Crippen molar-refractivity contribution in [1.82, 2.24) is 25.8 Å². The Morgan fingerprint density at radius 1 is 1.00 bits per heavy atom.